The van der Waals surface area contributed by atoms with E-state index in [0.29, 0.717) is 32.8 Å². The molecule has 3 rings (SSSR count). The lowest BCUT2D eigenvalue weighted by atomic mass is 10.1. The lowest BCUT2D eigenvalue weighted by Crippen LogP contribution is -2.41. The lowest BCUT2D eigenvalue weighted by molar-refractivity contribution is -0.119. The van der Waals surface area contributed by atoms with Crippen LogP contribution in [0.4, 0.5) is 14.6 Å². The molecule has 0 amide bonds. The van der Waals surface area contributed by atoms with E-state index in [1.807, 2.05) is 4.90 Å². The lowest BCUT2D eigenvalue weighted by Gasteiger charge is -2.28. The molecule has 2 aliphatic rings. The topological polar surface area (TPSA) is 82.6 Å². The van der Waals surface area contributed by atoms with Crippen molar-refractivity contribution in [1.29, 1.82) is 0 Å². The Morgan fingerprint density at radius 3 is 2.82 bits per heavy atom. The van der Waals surface area contributed by atoms with Gasteiger partial charge in [0.25, 0.3) is 5.92 Å². The molecule has 2 aliphatic heterocycles. The zero-order chi connectivity index (χ0) is 15.7. The number of hydrogen-bond donors (Lipinski definition) is 1. The summed E-state index contributed by atoms with van der Waals surface area (Å²) in [5.74, 6) is -3.13. The van der Waals surface area contributed by atoms with Gasteiger partial charge in [-0.3, -0.25) is 9.47 Å². The third kappa shape index (κ3) is 3.11. The van der Waals surface area contributed by atoms with Crippen molar-refractivity contribution in [2.75, 3.05) is 38.6 Å². The van der Waals surface area contributed by atoms with Crippen molar-refractivity contribution in [3.05, 3.63) is 22.7 Å². The van der Waals surface area contributed by atoms with Crippen molar-refractivity contribution < 1.29 is 18.3 Å². The molecule has 2 fully saturated rings. The maximum absolute atomic E-state index is 14.2. The number of hydrogen-bond acceptors (Lipinski definition) is 6. The second-order valence-corrected chi connectivity index (χ2v) is 5.53. The molecule has 7 nitrogen and oxygen atoms in total. The van der Waals surface area contributed by atoms with Crippen molar-refractivity contribution >= 4 is 5.82 Å². The number of morpholine rings is 1. The SMILES string of the molecule is Nc1ccn(C2OC(CN3CCOCC3)CC2(F)F)c(=O)n1. The number of nitrogens with two attached hydrogens (primary N) is 1. The number of anilines is 1. The Hall–Kier alpha value is -1.58. The van der Waals surface area contributed by atoms with E-state index in [1.54, 1.807) is 0 Å². The van der Waals surface area contributed by atoms with E-state index in [0.717, 1.165) is 4.57 Å². The van der Waals surface area contributed by atoms with Gasteiger partial charge in [0.2, 0.25) is 6.23 Å². The van der Waals surface area contributed by atoms with Crippen molar-refractivity contribution in [1.82, 2.24) is 14.5 Å². The first-order chi connectivity index (χ1) is 10.5. The number of nitrogen functional groups attached to an aromatic ring is 1. The molecule has 0 spiro atoms. The number of alkyl halides is 2. The zero-order valence-corrected chi connectivity index (χ0v) is 12.0. The van der Waals surface area contributed by atoms with Gasteiger partial charge in [-0.25, -0.2) is 13.6 Å². The molecule has 9 heteroatoms. The van der Waals surface area contributed by atoms with Crippen molar-refractivity contribution in [2.45, 2.75) is 24.7 Å². The molecule has 2 atom stereocenters. The van der Waals surface area contributed by atoms with Gasteiger partial charge in [0.15, 0.2) is 0 Å². The standard InChI is InChI=1S/C13H18F2N4O3/c14-13(15)7-9(8-18-3-5-21-6-4-18)22-11(13)19-2-1-10(16)17-12(19)20/h1-2,9,11H,3-8H2,(H2,16,17,20). The van der Waals surface area contributed by atoms with Crippen LogP contribution in [0.5, 0.6) is 0 Å². The molecular weight excluding hydrogens is 298 g/mol. The number of nitrogens with zero attached hydrogens (tertiary/aromatic N) is 3. The average molecular weight is 316 g/mol. The molecule has 0 aromatic carbocycles. The van der Waals surface area contributed by atoms with Gasteiger partial charge in [0.05, 0.1) is 19.3 Å². The molecule has 0 radical (unpaired) electrons. The first kappa shape index (κ1) is 15.3. The van der Waals surface area contributed by atoms with Crippen LogP contribution in [0.2, 0.25) is 0 Å². The molecule has 1 aromatic heterocycles. The number of aromatic nitrogens is 2. The Labute approximate surface area is 125 Å². The summed E-state index contributed by atoms with van der Waals surface area (Å²) >= 11 is 0. The van der Waals surface area contributed by atoms with Gasteiger partial charge in [-0.1, -0.05) is 0 Å². The Kier molecular flexibility index (Phi) is 4.11. The van der Waals surface area contributed by atoms with Gasteiger partial charge >= 0.3 is 5.69 Å². The molecular formula is C13H18F2N4O3. The molecule has 0 saturated carbocycles. The summed E-state index contributed by atoms with van der Waals surface area (Å²) in [5, 5.41) is 0. The first-order valence-electron chi connectivity index (χ1n) is 7.14. The number of halogens is 2. The maximum Gasteiger partial charge on any atom is 0.351 e. The third-order valence-corrected chi connectivity index (χ3v) is 3.85. The minimum atomic E-state index is -3.13. The normalized spacial score (nSPS) is 28.8. The monoisotopic (exact) mass is 316 g/mol. The molecule has 0 bridgehead atoms. The fourth-order valence-electron chi connectivity index (χ4n) is 2.79. The summed E-state index contributed by atoms with van der Waals surface area (Å²) in [6.45, 7) is 2.97. The van der Waals surface area contributed by atoms with Crippen LogP contribution in [-0.4, -0.2) is 59.3 Å². The minimum Gasteiger partial charge on any atom is -0.383 e. The minimum absolute atomic E-state index is 0.00701. The van der Waals surface area contributed by atoms with E-state index in [2.05, 4.69) is 4.98 Å². The second-order valence-electron chi connectivity index (χ2n) is 5.53. The van der Waals surface area contributed by atoms with Crippen molar-refractivity contribution in [3.8, 4) is 0 Å². The molecule has 22 heavy (non-hydrogen) atoms. The zero-order valence-electron chi connectivity index (χ0n) is 12.0. The summed E-state index contributed by atoms with van der Waals surface area (Å²) < 4.78 is 39.8. The van der Waals surface area contributed by atoms with Crippen LogP contribution in [0.3, 0.4) is 0 Å². The number of ether oxygens (including phenoxy) is 2. The smallest absolute Gasteiger partial charge is 0.351 e. The predicted octanol–water partition coefficient (Wildman–Crippen LogP) is 0.0805. The third-order valence-electron chi connectivity index (χ3n) is 3.85. The largest absolute Gasteiger partial charge is 0.383 e. The van der Waals surface area contributed by atoms with Crippen LogP contribution >= 0.6 is 0 Å². The fourth-order valence-corrected chi connectivity index (χ4v) is 2.79. The van der Waals surface area contributed by atoms with Gasteiger partial charge < -0.3 is 15.2 Å². The van der Waals surface area contributed by atoms with E-state index in [9.17, 15) is 13.6 Å². The Bertz CT molecular complexity index is 589. The van der Waals surface area contributed by atoms with Gasteiger partial charge in [0, 0.05) is 32.3 Å². The van der Waals surface area contributed by atoms with Crippen molar-refractivity contribution in [2.24, 2.45) is 0 Å². The van der Waals surface area contributed by atoms with Gasteiger partial charge in [-0.2, -0.15) is 4.98 Å². The van der Waals surface area contributed by atoms with Crippen molar-refractivity contribution in [3.63, 3.8) is 0 Å². The highest BCUT2D eigenvalue weighted by Gasteiger charge is 2.52. The summed E-state index contributed by atoms with van der Waals surface area (Å²) in [5.41, 5.74) is 4.54. The van der Waals surface area contributed by atoms with Gasteiger partial charge in [-0.05, 0) is 6.07 Å². The van der Waals surface area contributed by atoms with Gasteiger partial charge in [0.1, 0.15) is 5.82 Å². The maximum atomic E-state index is 14.2. The summed E-state index contributed by atoms with van der Waals surface area (Å²) in [7, 11) is 0. The highest BCUT2D eigenvalue weighted by Crippen LogP contribution is 2.42. The van der Waals surface area contributed by atoms with E-state index in [4.69, 9.17) is 15.2 Å². The summed E-state index contributed by atoms with van der Waals surface area (Å²) in [4.78, 5) is 17.2. The quantitative estimate of drug-likeness (QED) is 0.850. The van der Waals surface area contributed by atoms with Crippen LogP contribution in [0, 0.1) is 0 Å². The average Bonchev–Trinajstić information content (AvgIpc) is 2.74. The predicted molar refractivity (Wildman–Crippen MR) is 73.6 cm³/mol. The Morgan fingerprint density at radius 1 is 1.41 bits per heavy atom. The Morgan fingerprint density at radius 2 is 2.14 bits per heavy atom. The molecule has 3 heterocycles. The fraction of sp³-hybridized carbons (Fsp3) is 0.692. The van der Waals surface area contributed by atoms with Crippen LogP contribution in [0.25, 0.3) is 0 Å². The molecule has 2 unspecified atom stereocenters. The van der Waals surface area contributed by atoms with E-state index >= 15 is 0 Å². The molecule has 2 saturated heterocycles. The molecule has 122 valence electrons. The molecule has 1 aromatic rings. The van der Waals surface area contributed by atoms with Crippen LogP contribution in [0.1, 0.15) is 12.6 Å². The van der Waals surface area contributed by atoms with Gasteiger partial charge in [-0.15, -0.1) is 0 Å². The number of rotatable bonds is 3. The Balaban J connectivity index is 1.73. The summed E-state index contributed by atoms with van der Waals surface area (Å²) in [6.07, 6.45) is -1.51. The summed E-state index contributed by atoms with van der Waals surface area (Å²) in [6, 6.07) is 1.30. The highest BCUT2D eigenvalue weighted by atomic mass is 19.3. The molecule has 0 aliphatic carbocycles. The first-order valence-corrected chi connectivity index (χ1v) is 7.14. The van der Waals surface area contributed by atoms with E-state index < -0.39 is 30.4 Å². The molecule has 2 N–H and O–H groups in total. The van der Waals surface area contributed by atoms with Crippen LogP contribution in [-0.2, 0) is 9.47 Å². The highest BCUT2D eigenvalue weighted by molar-refractivity contribution is 5.23. The van der Waals surface area contributed by atoms with Crippen LogP contribution in [0.15, 0.2) is 17.1 Å². The van der Waals surface area contributed by atoms with E-state index in [-0.39, 0.29) is 5.82 Å². The van der Waals surface area contributed by atoms with E-state index in [1.165, 1.54) is 12.3 Å². The second kappa shape index (κ2) is 5.90. The van der Waals surface area contributed by atoms with Crippen LogP contribution < -0.4 is 11.4 Å².